The third-order valence-corrected chi connectivity index (χ3v) is 3.54. The van der Waals surface area contributed by atoms with E-state index in [-0.39, 0.29) is 11.5 Å². The van der Waals surface area contributed by atoms with Crippen LogP contribution in [0.4, 0.5) is 11.4 Å². The molecule has 1 rings (SSSR count). The van der Waals surface area contributed by atoms with Gasteiger partial charge in [0.2, 0.25) is 0 Å². The van der Waals surface area contributed by atoms with E-state index in [1.54, 1.807) is 6.92 Å². The van der Waals surface area contributed by atoms with Gasteiger partial charge in [-0.05, 0) is 5.92 Å². The summed E-state index contributed by atoms with van der Waals surface area (Å²) < 4.78 is 4.63. The van der Waals surface area contributed by atoms with Gasteiger partial charge in [0.25, 0.3) is 17.3 Å². The van der Waals surface area contributed by atoms with Gasteiger partial charge in [-0.15, -0.1) is 0 Å². The number of nitro benzene ring substituents is 2. The summed E-state index contributed by atoms with van der Waals surface area (Å²) in [7, 11) is 1.17. The molecular formula is C14H17N3O7. The number of hydrogen-bond acceptors (Lipinski definition) is 7. The fourth-order valence-corrected chi connectivity index (χ4v) is 1.96. The number of methoxy groups -OCH3 is 1. The van der Waals surface area contributed by atoms with Crippen LogP contribution in [-0.2, 0) is 9.53 Å². The maximum Gasteiger partial charge on any atom is 0.328 e. The molecule has 0 saturated carbocycles. The predicted molar refractivity (Wildman–Crippen MR) is 82.5 cm³/mol. The molecular weight excluding hydrogens is 322 g/mol. The van der Waals surface area contributed by atoms with Crippen molar-refractivity contribution in [2.75, 3.05) is 7.11 Å². The maximum absolute atomic E-state index is 12.3. The van der Waals surface area contributed by atoms with Crippen molar-refractivity contribution in [3.05, 3.63) is 44.0 Å². The number of nitrogens with one attached hydrogen (secondary N) is 1. The fraction of sp³-hybridized carbons (Fsp3) is 0.429. The minimum Gasteiger partial charge on any atom is -0.467 e. The van der Waals surface area contributed by atoms with Crippen LogP contribution in [0.15, 0.2) is 18.2 Å². The van der Waals surface area contributed by atoms with E-state index < -0.39 is 39.1 Å². The van der Waals surface area contributed by atoms with Gasteiger partial charge in [0.15, 0.2) is 0 Å². The van der Waals surface area contributed by atoms with Crippen LogP contribution in [0.25, 0.3) is 0 Å². The first-order chi connectivity index (χ1) is 11.2. The van der Waals surface area contributed by atoms with Crippen molar-refractivity contribution in [2.24, 2.45) is 5.92 Å². The normalized spacial score (nSPS) is 12.8. The highest BCUT2D eigenvalue weighted by Gasteiger charge is 2.28. The lowest BCUT2D eigenvalue weighted by atomic mass is 9.98. The number of hydrogen-bond donors (Lipinski definition) is 1. The summed E-state index contributed by atoms with van der Waals surface area (Å²) in [6.07, 6.45) is 0.565. The molecule has 1 aromatic carbocycles. The molecule has 0 bridgehead atoms. The number of non-ortho nitro benzene ring substituents is 2. The Morgan fingerprint density at radius 3 is 2.04 bits per heavy atom. The van der Waals surface area contributed by atoms with E-state index in [4.69, 9.17) is 0 Å². The number of benzene rings is 1. The highest BCUT2D eigenvalue weighted by molar-refractivity contribution is 5.98. The quantitative estimate of drug-likeness (QED) is 0.453. The van der Waals surface area contributed by atoms with Crippen LogP contribution < -0.4 is 5.32 Å². The van der Waals surface area contributed by atoms with Crippen LogP contribution in [-0.4, -0.2) is 34.9 Å². The molecule has 0 heterocycles. The van der Waals surface area contributed by atoms with Gasteiger partial charge in [0.1, 0.15) is 6.04 Å². The third-order valence-electron chi connectivity index (χ3n) is 3.54. The van der Waals surface area contributed by atoms with Crippen LogP contribution in [0.3, 0.4) is 0 Å². The Morgan fingerprint density at radius 1 is 1.17 bits per heavy atom. The van der Waals surface area contributed by atoms with Crippen LogP contribution in [0.1, 0.15) is 30.6 Å². The standard InChI is InChI=1S/C14H17N3O7/c1-4-8(2)12(14(19)24-3)15-13(18)9-5-10(16(20)21)7-11(6-9)17(22)23/h5-8,12H,4H2,1-3H3,(H,15,18)/t8?,12-/m1/s1. The van der Waals surface area contributed by atoms with Crippen LogP contribution in [0, 0.1) is 26.1 Å². The van der Waals surface area contributed by atoms with E-state index in [0.717, 1.165) is 18.2 Å². The number of nitro groups is 2. The Labute approximate surface area is 137 Å². The van der Waals surface area contributed by atoms with Gasteiger partial charge >= 0.3 is 5.97 Å². The van der Waals surface area contributed by atoms with Gasteiger partial charge < -0.3 is 10.1 Å². The zero-order chi connectivity index (χ0) is 18.4. The zero-order valence-electron chi connectivity index (χ0n) is 13.3. The Kier molecular flexibility index (Phi) is 6.33. The molecule has 10 nitrogen and oxygen atoms in total. The molecule has 0 aliphatic carbocycles. The Morgan fingerprint density at radius 2 is 1.67 bits per heavy atom. The Bertz CT molecular complexity index is 642. The number of esters is 1. The molecule has 1 unspecified atom stereocenters. The van der Waals surface area contributed by atoms with E-state index in [1.807, 2.05) is 6.92 Å². The van der Waals surface area contributed by atoms with Crippen molar-refractivity contribution in [1.82, 2.24) is 5.32 Å². The topological polar surface area (TPSA) is 142 Å². The lowest BCUT2D eigenvalue weighted by molar-refractivity contribution is -0.394. The van der Waals surface area contributed by atoms with E-state index in [0.29, 0.717) is 6.42 Å². The summed E-state index contributed by atoms with van der Waals surface area (Å²) in [5.41, 5.74) is -1.46. The number of carbonyl (C=O) groups excluding carboxylic acids is 2. The highest BCUT2D eigenvalue weighted by Crippen LogP contribution is 2.23. The molecule has 0 aromatic heterocycles. The SMILES string of the molecule is CCC(C)[C@@H](NC(=O)c1cc([N+](=O)[O-])cc([N+](=O)[O-])c1)C(=O)OC. The number of nitrogens with zero attached hydrogens (tertiary/aromatic N) is 2. The van der Waals surface area contributed by atoms with Crippen molar-refractivity contribution in [3.8, 4) is 0 Å². The molecule has 0 aliphatic rings. The summed E-state index contributed by atoms with van der Waals surface area (Å²) in [5, 5.41) is 24.1. The lowest BCUT2D eigenvalue weighted by Crippen LogP contribution is -2.45. The molecule has 1 N–H and O–H groups in total. The van der Waals surface area contributed by atoms with E-state index in [1.165, 1.54) is 7.11 Å². The zero-order valence-corrected chi connectivity index (χ0v) is 13.3. The van der Waals surface area contributed by atoms with Gasteiger partial charge in [-0.3, -0.25) is 25.0 Å². The second-order valence-electron chi connectivity index (χ2n) is 5.11. The van der Waals surface area contributed by atoms with Crippen molar-refractivity contribution in [3.63, 3.8) is 0 Å². The second kappa shape index (κ2) is 7.99. The van der Waals surface area contributed by atoms with Gasteiger partial charge in [0, 0.05) is 12.1 Å². The third kappa shape index (κ3) is 4.48. The number of amides is 1. The monoisotopic (exact) mass is 339 g/mol. The molecule has 0 fully saturated rings. The summed E-state index contributed by atoms with van der Waals surface area (Å²) >= 11 is 0. The minimum atomic E-state index is -0.967. The van der Waals surface area contributed by atoms with Gasteiger partial charge in [0.05, 0.1) is 28.6 Å². The van der Waals surface area contributed by atoms with Gasteiger partial charge in [-0.25, -0.2) is 4.79 Å². The highest BCUT2D eigenvalue weighted by atomic mass is 16.6. The van der Waals surface area contributed by atoms with Crippen molar-refractivity contribution in [2.45, 2.75) is 26.3 Å². The first-order valence-corrected chi connectivity index (χ1v) is 7.03. The summed E-state index contributed by atoms with van der Waals surface area (Å²) in [6, 6.07) is 1.61. The maximum atomic E-state index is 12.3. The molecule has 0 spiro atoms. The summed E-state index contributed by atoms with van der Waals surface area (Å²) in [5.74, 6) is -1.76. The minimum absolute atomic E-state index is 0.255. The first kappa shape index (κ1) is 19.0. The van der Waals surface area contributed by atoms with Crippen LogP contribution in [0.5, 0.6) is 0 Å². The lowest BCUT2D eigenvalue weighted by Gasteiger charge is -2.21. The molecule has 1 amide bonds. The van der Waals surface area contributed by atoms with Gasteiger partial charge in [-0.1, -0.05) is 20.3 Å². The largest absolute Gasteiger partial charge is 0.467 e. The van der Waals surface area contributed by atoms with E-state index >= 15 is 0 Å². The average Bonchev–Trinajstić information content (AvgIpc) is 2.57. The van der Waals surface area contributed by atoms with Crippen molar-refractivity contribution < 1.29 is 24.2 Å². The molecule has 0 aliphatic heterocycles. The second-order valence-corrected chi connectivity index (χ2v) is 5.11. The number of carbonyl (C=O) groups is 2. The fourth-order valence-electron chi connectivity index (χ4n) is 1.96. The molecule has 1 aromatic rings. The molecule has 10 heteroatoms. The first-order valence-electron chi connectivity index (χ1n) is 7.03. The Balaban J connectivity index is 3.19. The van der Waals surface area contributed by atoms with Crippen LogP contribution in [0.2, 0.25) is 0 Å². The van der Waals surface area contributed by atoms with Crippen molar-refractivity contribution in [1.29, 1.82) is 0 Å². The molecule has 2 atom stereocenters. The average molecular weight is 339 g/mol. The number of rotatable bonds is 7. The molecule has 0 saturated heterocycles. The van der Waals surface area contributed by atoms with Gasteiger partial charge in [-0.2, -0.15) is 0 Å². The van der Waals surface area contributed by atoms with E-state index in [2.05, 4.69) is 10.1 Å². The predicted octanol–water partition coefficient (Wildman–Crippen LogP) is 1.82. The summed E-state index contributed by atoms with van der Waals surface area (Å²) in [6.45, 7) is 3.53. The summed E-state index contributed by atoms with van der Waals surface area (Å²) in [4.78, 5) is 44.1. The molecule has 24 heavy (non-hydrogen) atoms. The Hall–Kier alpha value is -3.04. The van der Waals surface area contributed by atoms with Crippen LogP contribution >= 0.6 is 0 Å². The number of ether oxygens (including phenoxy) is 1. The van der Waals surface area contributed by atoms with E-state index in [9.17, 15) is 29.8 Å². The smallest absolute Gasteiger partial charge is 0.328 e. The molecule has 130 valence electrons. The molecule has 0 radical (unpaired) electrons. The van der Waals surface area contributed by atoms with Crippen molar-refractivity contribution >= 4 is 23.3 Å².